The number of fused-ring (bicyclic) bond motifs is 4. The van der Waals surface area contributed by atoms with E-state index in [4.69, 9.17) is 36.5 Å². The molecule has 12 heterocycles. The zero-order chi connectivity index (χ0) is 72.2. The molecule has 105 heavy (non-hydrogen) atoms. The van der Waals surface area contributed by atoms with E-state index in [1.165, 1.54) is 6.92 Å². The van der Waals surface area contributed by atoms with Crippen LogP contribution < -0.4 is 62.6 Å². The number of aromatic nitrogens is 16. The summed E-state index contributed by atoms with van der Waals surface area (Å²) in [6.07, 6.45) is 10.3. The van der Waals surface area contributed by atoms with Crippen LogP contribution >= 0.6 is 11.6 Å². The molecule has 8 fully saturated rings. The maximum absolute atomic E-state index is 11.8. The molecule has 20 atom stereocenters. The summed E-state index contributed by atoms with van der Waals surface area (Å²) in [5.41, 5.74) is 4.15. The van der Waals surface area contributed by atoms with Gasteiger partial charge in [0.25, 0.3) is 0 Å². The minimum absolute atomic E-state index is 0. The molecule has 0 spiro atoms. The van der Waals surface area contributed by atoms with Crippen LogP contribution in [0.2, 0.25) is 5.28 Å². The Hall–Kier alpha value is -5.88. The first-order valence-electron chi connectivity index (χ1n) is 35.2. The maximum Gasteiger partial charge on any atom is 0.229 e. The molecule has 0 bridgehead atoms. The number of amides is 2. The first kappa shape index (κ1) is 78.7. The summed E-state index contributed by atoms with van der Waals surface area (Å²) in [5.74, 6) is 2.48. The van der Waals surface area contributed by atoms with Crippen molar-refractivity contribution in [2.45, 2.75) is 187 Å². The third-order valence-corrected chi connectivity index (χ3v) is 21.9. The number of nitrogens with zero attached hydrogens (tertiary/aromatic N) is 19. The van der Waals surface area contributed by atoms with Gasteiger partial charge >= 0.3 is 0 Å². The van der Waals surface area contributed by atoms with Crippen LogP contribution in [-0.4, -0.2) is 308 Å². The Kier molecular flexibility index (Phi) is 25.1. The second-order valence-electron chi connectivity index (χ2n) is 28.2. The number of nitrogens with one attached hydrogen (secondary N) is 9. The first-order valence-corrected chi connectivity index (χ1v) is 35.6. The fourth-order valence-electron chi connectivity index (χ4n) is 16.1. The van der Waals surface area contributed by atoms with Gasteiger partial charge in [-0.1, -0.05) is 0 Å². The molecule has 562 valence electrons. The molecule has 4 saturated heterocycles. The van der Waals surface area contributed by atoms with Crippen molar-refractivity contribution in [2.24, 2.45) is 0 Å². The summed E-state index contributed by atoms with van der Waals surface area (Å²) >= 11 is 6.33. The van der Waals surface area contributed by atoms with Crippen LogP contribution in [0.4, 0.5) is 29.5 Å². The van der Waals surface area contributed by atoms with Crippen molar-refractivity contribution >= 4 is 97.6 Å². The predicted octanol–water partition coefficient (Wildman–Crippen LogP) is -4.22. The second-order valence-corrected chi connectivity index (χ2v) is 28.5. The van der Waals surface area contributed by atoms with Gasteiger partial charge in [-0.25, -0.2) is 9.97 Å². The van der Waals surface area contributed by atoms with Gasteiger partial charge in [-0.3, -0.25) is 19.6 Å². The van der Waals surface area contributed by atoms with Gasteiger partial charge in [-0.2, -0.15) is 19.9 Å². The molecule has 2 amide bonds. The van der Waals surface area contributed by atoms with Crippen LogP contribution in [0, 0.1) is 12.4 Å². The Morgan fingerprint density at radius 3 is 1.22 bits per heavy atom. The number of imidazole rings is 4. The number of rotatable bonds is 17. The number of carbonyl (C=O) groups is 2. The topological polar surface area (TPSA) is 488 Å². The SMILES string of the molecule is CC(=O)N[C@H]1CCNC1.CN[C@H]1C[C@@H](n2cnc3[c-]nc(N4CC[C@H](Nc5nc(Cl)nc6c5ncn6[C@@H]5C[C@H](NC)[C@H](O)[C@@H]5O)C4)nc32)[C@@H](O)[C@H]1O.CN[C@H]1C[C@@H](n2cnc3[c-]nc(N4CC[C@H](Nc5nc(N6CC[C@H](NC(C)=O)C6)nc6c5ncn6[C@@H]5C[C@H](NC)[C@H](O)[C@@H]5O)C4)nc32)[C@@H](O)[C@H]1O.[Y].[Y]. The summed E-state index contributed by atoms with van der Waals surface area (Å²) in [5, 5.41) is 114. The van der Waals surface area contributed by atoms with Crippen molar-refractivity contribution in [2.75, 3.05) is 106 Å². The minimum Gasteiger partial charge on any atom is -0.392 e. The molecule has 8 aliphatic rings. The summed E-state index contributed by atoms with van der Waals surface area (Å²) in [6, 6.07) is -2.39. The molecule has 41 heteroatoms. The van der Waals surface area contributed by atoms with Crippen molar-refractivity contribution in [3.8, 4) is 0 Å². The summed E-state index contributed by atoms with van der Waals surface area (Å²) in [4.78, 5) is 83.6. The van der Waals surface area contributed by atoms with E-state index in [1.807, 2.05) is 14.4 Å². The number of aliphatic hydroxyl groups excluding tert-OH is 8. The van der Waals surface area contributed by atoms with Crippen molar-refractivity contribution in [3.05, 3.63) is 43.0 Å². The average Bonchev–Trinajstić information content (AvgIpc) is 1.64. The Morgan fingerprint density at radius 2 is 0.819 bits per heavy atom. The van der Waals surface area contributed by atoms with Gasteiger partial charge in [-0.05, 0) is 110 Å². The monoisotopic (exact) mass is 1620 g/mol. The summed E-state index contributed by atoms with van der Waals surface area (Å²) in [6.45, 7) is 8.71. The molecule has 16 rings (SSSR count). The smallest absolute Gasteiger partial charge is 0.229 e. The quantitative estimate of drug-likeness (QED) is 0.0303. The molecule has 4 saturated carbocycles. The van der Waals surface area contributed by atoms with E-state index in [9.17, 15) is 50.4 Å². The van der Waals surface area contributed by atoms with Gasteiger partial charge in [0.1, 0.15) is 36.3 Å². The van der Waals surface area contributed by atoms with Crippen LogP contribution in [0.1, 0.15) is 89.4 Å². The van der Waals surface area contributed by atoms with E-state index in [1.54, 1.807) is 74.1 Å². The molecule has 17 N–H and O–H groups in total. The first-order chi connectivity index (χ1) is 49.7. The number of aliphatic hydroxyl groups is 8. The van der Waals surface area contributed by atoms with Gasteiger partial charge in [0.05, 0.1) is 73.9 Å². The molecular formula is C64H91ClN28O10Y2-2. The van der Waals surface area contributed by atoms with Crippen molar-refractivity contribution in [3.63, 3.8) is 0 Å². The fraction of sp³-hybridized carbons (Fsp3) is 0.656. The third-order valence-electron chi connectivity index (χ3n) is 21.8. The zero-order valence-electron chi connectivity index (χ0n) is 59.1. The van der Waals surface area contributed by atoms with Gasteiger partial charge in [0.2, 0.25) is 23.0 Å². The molecule has 0 aromatic carbocycles. The van der Waals surface area contributed by atoms with E-state index in [0.29, 0.717) is 145 Å². The largest absolute Gasteiger partial charge is 0.392 e. The van der Waals surface area contributed by atoms with E-state index in [0.717, 1.165) is 38.8 Å². The number of halogens is 1. The van der Waals surface area contributed by atoms with Crippen molar-refractivity contribution in [1.29, 1.82) is 0 Å². The fourth-order valence-corrected chi connectivity index (χ4v) is 16.3. The average molecular weight is 1630 g/mol. The number of hydrogen-bond acceptors (Lipinski definition) is 32. The normalized spacial score (nSPS) is 31.5. The maximum atomic E-state index is 11.8. The molecule has 4 aliphatic heterocycles. The molecule has 8 aromatic rings. The van der Waals surface area contributed by atoms with E-state index >= 15 is 0 Å². The number of anilines is 5. The number of carbonyl (C=O) groups excluding carboxylic acids is 2. The van der Waals surface area contributed by atoms with Gasteiger partial charge < -0.3 is 142 Å². The third kappa shape index (κ3) is 16.0. The number of hydrogen-bond donors (Lipinski definition) is 17. The van der Waals surface area contributed by atoms with Crippen LogP contribution in [0.5, 0.6) is 0 Å². The molecule has 8 aromatic heterocycles. The van der Waals surface area contributed by atoms with Gasteiger partial charge in [0, 0.05) is 196 Å². The van der Waals surface area contributed by atoms with E-state index in [-0.39, 0.29) is 131 Å². The van der Waals surface area contributed by atoms with Crippen LogP contribution in [0.3, 0.4) is 0 Å². The zero-order valence-corrected chi connectivity index (χ0v) is 65.5. The Labute approximate surface area is 659 Å². The van der Waals surface area contributed by atoms with Crippen LogP contribution in [-0.2, 0) is 75.0 Å². The van der Waals surface area contributed by atoms with E-state index in [2.05, 4.69) is 100 Å². The molecule has 2 radical (unpaired) electrons. The Balaban J connectivity index is 0.000000175. The Bertz CT molecular complexity index is 4330. The predicted molar refractivity (Wildman–Crippen MR) is 376 cm³/mol. The standard InChI is InChI=1S/C32H45N14O5.C26H34ClN12O4.C6H12N2O.2Y/c1-15(47)38-16-4-7-44(11-16)32-40-28(23-30(42-32)46(14-37-23)22-9-19(34-3)25(49)27(22)51)39-17-5-6-43(12-17)31-35-10-20-29(41-31)45(13-36-20)21-8-18(33-2)24(48)26(21)50;1-28-12-5-15(20(42)18(12)40)38-9-31-14-7-30-26(36-23(14)38)37-4-3-11(8-37)33-22-17-24(35-25(27)34-22)39(10-32-17)16-6-13(29-2)19(41)21(16)43;1-5(9)8-6-2-3-7-4-6;;/h13-14,16-19,21-22,24-27,33-34,48-51H,4-9,11-12H2,1-3H3,(H,38,47)(H,39,40,42);9-13,15-16,18-21,28-29,40-43H,3-6,8H2,1-2H3,(H,33,34,35);6-7H,2-4H2,1H3,(H,8,9);;/q2*-1;;;/t16-,17-,18-,19-,21+,22+,24-,25-,26+,27+;11-,12-,13-,15+,16+,18-,19-,20+,21+;6-;;/m000../s1. The summed E-state index contributed by atoms with van der Waals surface area (Å²) < 4.78 is 7.18. The molecule has 4 aliphatic carbocycles. The molecule has 38 nitrogen and oxygen atoms in total. The van der Waals surface area contributed by atoms with Gasteiger partial charge in [-0.15, -0.1) is 0 Å². The van der Waals surface area contributed by atoms with E-state index < -0.39 is 67.0 Å². The molecule has 0 unspecified atom stereocenters. The Morgan fingerprint density at radius 1 is 0.457 bits per heavy atom. The van der Waals surface area contributed by atoms with Crippen molar-refractivity contribution in [1.82, 2.24) is 115 Å². The van der Waals surface area contributed by atoms with Crippen molar-refractivity contribution < 1.29 is 116 Å². The van der Waals surface area contributed by atoms with Gasteiger partial charge in [0.15, 0.2) is 34.0 Å². The van der Waals surface area contributed by atoms with Crippen LogP contribution in [0.15, 0.2) is 25.3 Å². The number of likely N-dealkylation sites (N-methyl/N-ethyl adjacent to an activating group) is 4. The second kappa shape index (κ2) is 33.5. The van der Waals surface area contributed by atoms with Crippen LogP contribution in [0.25, 0.3) is 44.7 Å². The minimum atomic E-state index is -1.01. The molecular weight excluding hydrogens is 1530 g/mol. The summed E-state index contributed by atoms with van der Waals surface area (Å²) in [7, 11) is 7.04.